The predicted octanol–water partition coefficient (Wildman–Crippen LogP) is 2.49. The Bertz CT molecular complexity index is 346. The number of rotatable bonds is 6. The molecule has 3 nitrogen and oxygen atoms in total. The quantitative estimate of drug-likeness (QED) is 0.481. The number of benzene rings is 1. The Morgan fingerprint density at radius 1 is 1.24 bits per heavy atom. The molecule has 0 radical (unpaired) electrons. The molecule has 0 heterocycles. The molecule has 0 unspecified atom stereocenters. The largest absolute Gasteiger partial charge is 0.463 e. The average Bonchev–Trinajstić information content (AvgIpc) is 2.27. The minimum Gasteiger partial charge on any atom is -0.463 e. The summed E-state index contributed by atoms with van der Waals surface area (Å²) in [6, 6.07) is 7.45. The van der Waals surface area contributed by atoms with Gasteiger partial charge in [0.15, 0.2) is 0 Å². The van der Waals surface area contributed by atoms with Crippen molar-refractivity contribution in [3.63, 3.8) is 0 Å². The van der Waals surface area contributed by atoms with Crippen LogP contribution in [0.1, 0.15) is 19.4 Å². The number of hydrogen-bond donors (Lipinski definition) is 1. The first-order valence-corrected chi connectivity index (χ1v) is 6.08. The van der Waals surface area contributed by atoms with Gasteiger partial charge in [0.1, 0.15) is 6.61 Å². The smallest absolute Gasteiger partial charge is 0.310 e. The van der Waals surface area contributed by atoms with E-state index < -0.39 is 0 Å². The van der Waals surface area contributed by atoms with Crippen LogP contribution in [0.2, 0.25) is 0 Å². The zero-order valence-corrected chi connectivity index (χ0v) is 11.1. The summed E-state index contributed by atoms with van der Waals surface area (Å²) in [4.78, 5) is 12.3. The van der Waals surface area contributed by atoms with Gasteiger partial charge in [0.05, 0.1) is 19.1 Å². The monoisotopic (exact) mass is 254 g/mol. The van der Waals surface area contributed by atoms with Crippen molar-refractivity contribution in [3.05, 3.63) is 29.8 Å². The van der Waals surface area contributed by atoms with Crippen LogP contribution in [0.3, 0.4) is 0 Å². The van der Waals surface area contributed by atoms with Crippen molar-refractivity contribution < 1.29 is 14.3 Å². The zero-order valence-electron chi connectivity index (χ0n) is 10.2. The molecule has 0 N–H and O–H groups in total. The Morgan fingerprint density at radius 2 is 1.88 bits per heavy atom. The summed E-state index contributed by atoms with van der Waals surface area (Å²) in [6.07, 6.45) is 0.451. The maximum atomic E-state index is 11.4. The van der Waals surface area contributed by atoms with Gasteiger partial charge in [-0.05, 0) is 31.5 Å². The van der Waals surface area contributed by atoms with Gasteiger partial charge in [0.2, 0.25) is 0 Å². The summed E-state index contributed by atoms with van der Waals surface area (Å²) in [5.74, 6) is -0.232. The number of esters is 1. The first-order chi connectivity index (χ1) is 8.08. The molecule has 0 fully saturated rings. The maximum absolute atomic E-state index is 11.4. The molecule has 0 saturated carbocycles. The van der Waals surface area contributed by atoms with Crippen LogP contribution in [-0.4, -0.2) is 25.3 Å². The fraction of sp³-hybridized carbons (Fsp3) is 0.462. The van der Waals surface area contributed by atoms with Crippen LogP contribution in [0.4, 0.5) is 0 Å². The van der Waals surface area contributed by atoms with Crippen molar-refractivity contribution in [3.8, 4) is 0 Å². The standard InChI is InChI=1S/C13H18O3S/c1-10(2)15-7-8-16-13(14)9-11-3-5-12(17)6-4-11/h3-6,10,17H,7-9H2,1-2H3. The molecule has 0 bridgehead atoms. The Kier molecular flexibility index (Phi) is 6.08. The highest BCUT2D eigenvalue weighted by molar-refractivity contribution is 7.80. The number of ether oxygens (including phenoxy) is 2. The van der Waals surface area contributed by atoms with Crippen LogP contribution in [0.15, 0.2) is 29.2 Å². The number of carbonyl (C=O) groups excluding carboxylic acids is 1. The molecule has 0 aliphatic carbocycles. The normalized spacial score (nSPS) is 10.6. The summed E-state index contributed by atoms with van der Waals surface area (Å²) in [7, 11) is 0. The molecule has 1 aromatic rings. The van der Waals surface area contributed by atoms with Crippen molar-refractivity contribution in [2.75, 3.05) is 13.2 Å². The molecule has 1 aromatic carbocycles. The Hall–Kier alpha value is -1.00. The second kappa shape index (κ2) is 7.35. The summed E-state index contributed by atoms with van der Waals surface area (Å²) >= 11 is 4.18. The highest BCUT2D eigenvalue weighted by Gasteiger charge is 2.04. The molecule has 0 aliphatic heterocycles. The van der Waals surface area contributed by atoms with Crippen LogP contribution in [-0.2, 0) is 20.7 Å². The second-order valence-electron chi connectivity index (χ2n) is 3.98. The van der Waals surface area contributed by atoms with E-state index in [0.717, 1.165) is 10.5 Å². The van der Waals surface area contributed by atoms with Crippen LogP contribution < -0.4 is 0 Å². The minimum absolute atomic E-state index is 0.164. The van der Waals surface area contributed by atoms with E-state index in [2.05, 4.69) is 12.6 Å². The highest BCUT2D eigenvalue weighted by Crippen LogP contribution is 2.08. The van der Waals surface area contributed by atoms with Crippen molar-refractivity contribution in [1.82, 2.24) is 0 Å². The number of thiol groups is 1. The van der Waals surface area contributed by atoms with E-state index in [0.29, 0.717) is 13.2 Å². The molecule has 94 valence electrons. The second-order valence-corrected chi connectivity index (χ2v) is 4.50. The molecule has 4 heteroatoms. The van der Waals surface area contributed by atoms with Crippen LogP contribution in [0, 0.1) is 0 Å². The van der Waals surface area contributed by atoms with Gasteiger partial charge in [-0.25, -0.2) is 0 Å². The number of hydrogen-bond acceptors (Lipinski definition) is 4. The van der Waals surface area contributed by atoms with Gasteiger partial charge >= 0.3 is 5.97 Å². The van der Waals surface area contributed by atoms with Crippen molar-refractivity contribution in [1.29, 1.82) is 0 Å². The Labute approximate surface area is 108 Å². The van der Waals surface area contributed by atoms with Gasteiger partial charge in [-0.3, -0.25) is 4.79 Å². The lowest BCUT2D eigenvalue weighted by Gasteiger charge is -2.08. The summed E-state index contributed by atoms with van der Waals surface area (Å²) < 4.78 is 10.3. The fourth-order valence-corrected chi connectivity index (χ4v) is 1.42. The molecule has 0 saturated heterocycles. The molecule has 0 atom stereocenters. The average molecular weight is 254 g/mol. The van der Waals surface area contributed by atoms with E-state index in [1.165, 1.54) is 0 Å². The van der Waals surface area contributed by atoms with Gasteiger partial charge in [-0.15, -0.1) is 12.6 Å². The lowest BCUT2D eigenvalue weighted by atomic mass is 10.1. The maximum Gasteiger partial charge on any atom is 0.310 e. The summed E-state index contributed by atoms with van der Waals surface area (Å²) in [5, 5.41) is 0. The summed E-state index contributed by atoms with van der Waals surface area (Å²) in [6.45, 7) is 4.64. The molecule has 17 heavy (non-hydrogen) atoms. The van der Waals surface area contributed by atoms with E-state index in [9.17, 15) is 4.79 Å². The van der Waals surface area contributed by atoms with E-state index in [-0.39, 0.29) is 18.5 Å². The van der Waals surface area contributed by atoms with Gasteiger partial charge in [-0.1, -0.05) is 12.1 Å². The van der Waals surface area contributed by atoms with E-state index in [1.807, 2.05) is 38.1 Å². The Balaban J connectivity index is 2.23. The minimum atomic E-state index is -0.232. The zero-order chi connectivity index (χ0) is 12.7. The van der Waals surface area contributed by atoms with Gasteiger partial charge in [-0.2, -0.15) is 0 Å². The van der Waals surface area contributed by atoms with Crippen molar-refractivity contribution in [2.24, 2.45) is 0 Å². The third kappa shape index (κ3) is 6.34. The van der Waals surface area contributed by atoms with E-state index in [4.69, 9.17) is 9.47 Å². The molecule has 0 spiro atoms. The topological polar surface area (TPSA) is 35.5 Å². The van der Waals surface area contributed by atoms with Gasteiger partial charge in [0, 0.05) is 4.90 Å². The third-order valence-electron chi connectivity index (χ3n) is 2.08. The molecular formula is C13H18O3S. The van der Waals surface area contributed by atoms with Crippen molar-refractivity contribution in [2.45, 2.75) is 31.3 Å². The molecule has 0 aliphatic rings. The van der Waals surface area contributed by atoms with Crippen molar-refractivity contribution >= 4 is 18.6 Å². The Morgan fingerprint density at radius 3 is 2.47 bits per heavy atom. The number of carbonyl (C=O) groups is 1. The van der Waals surface area contributed by atoms with Gasteiger partial charge in [0.25, 0.3) is 0 Å². The molecule has 0 aromatic heterocycles. The van der Waals surface area contributed by atoms with E-state index >= 15 is 0 Å². The van der Waals surface area contributed by atoms with Crippen LogP contribution >= 0.6 is 12.6 Å². The molecule has 1 rings (SSSR count). The first-order valence-electron chi connectivity index (χ1n) is 5.63. The molecular weight excluding hydrogens is 236 g/mol. The van der Waals surface area contributed by atoms with Gasteiger partial charge < -0.3 is 9.47 Å². The van der Waals surface area contributed by atoms with Crippen LogP contribution in [0.25, 0.3) is 0 Å². The third-order valence-corrected chi connectivity index (χ3v) is 2.38. The first kappa shape index (κ1) is 14.1. The lowest BCUT2D eigenvalue weighted by molar-refractivity contribution is -0.144. The lowest BCUT2D eigenvalue weighted by Crippen LogP contribution is -2.14. The SMILES string of the molecule is CC(C)OCCOC(=O)Cc1ccc(S)cc1. The molecule has 0 amide bonds. The van der Waals surface area contributed by atoms with Crippen LogP contribution in [0.5, 0.6) is 0 Å². The highest BCUT2D eigenvalue weighted by atomic mass is 32.1. The predicted molar refractivity (Wildman–Crippen MR) is 69.4 cm³/mol. The van der Waals surface area contributed by atoms with E-state index in [1.54, 1.807) is 0 Å². The summed E-state index contributed by atoms with van der Waals surface area (Å²) in [5.41, 5.74) is 0.928. The fourth-order valence-electron chi connectivity index (χ4n) is 1.27.